The molecular formula is C22H17BrN2O6. The maximum absolute atomic E-state index is 12.5. The first kappa shape index (κ1) is 21.8. The first-order valence-electron chi connectivity index (χ1n) is 8.97. The highest BCUT2D eigenvalue weighted by Gasteiger charge is 2.17. The summed E-state index contributed by atoms with van der Waals surface area (Å²) in [7, 11) is 0. The second-order valence-corrected chi connectivity index (χ2v) is 7.28. The fraction of sp³-hybridized carbons (Fsp3) is 0.0455. The number of hydrogen-bond donors (Lipinski definition) is 4. The van der Waals surface area contributed by atoms with E-state index < -0.39 is 11.9 Å². The highest BCUT2D eigenvalue weighted by molar-refractivity contribution is 9.10. The Morgan fingerprint density at radius 2 is 1.87 bits per heavy atom. The van der Waals surface area contributed by atoms with Crippen LogP contribution in [0.15, 0.2) is 75.6 Å². The number of phenolic OH excluding ortho intramolecular Hbond substituents is 1. The van der Waals surface area contributed by atoms with Crippen molar-refractivity contribution in [1.29, 1.82) is 0 Å². The maximum atomic E-state index is 12.5. The molecule has 2 amide bonds. The van der Waals surface area contributed by atoms with Crippen molar-refractivity contribution < 1.29 is 29.0 Å². The quantitative estimate of drug-likeness (QED) is 0.379. The van der Waals surface area contributed by atoms with Crippen LogP contribution in [0.4, 0.5) is 0 Å². The number of carboxylic acids is 1. The molecule has 0 atom stereocenters. The molecule has 0 unspecified atom stereocenters. The molecule has 4 N–H and O–H groups in total. The van der Waals surface area contributed by atoms with Gasteiger partial charge in [-0.3, -0.25) is 9.59 Å². The normalized spacial score (nSPS) is 11.1. The molecule has 31 heavy (non-hydrogen) atoms. The number of halogens is 1. The van der Waals surface area contributed by atoms with Gasteiger partial charge in [0.2, 0.25) is 0 Å². The van der Waals surface area contributed by atoms with E-state index in [0.717, 1.165) is 5.56 Å². The molecule has 0 radical (unpaired) electrons. The minimum absolute atomic E-state index is 0.104. The van der Waals surface area contributed by atoms with E-state index in [4.69, 9.17) is 4.42 Å². The molecule has 0 aliphatic rings. The van der Waals surface area contributed by atoms with Crippen LogP contribution in [0.1, 0.15) is 31.8 Å². The van der Waals surface area contributed by atoms with Crippen LogP contribution >= 0.6 is 15.9 Å². The molecule has 0 spiro atoms. The summed E-state index contributed by atoms with van der Waals surface area (Å²) in [5, 5.41) is 23.9. The van der Waals surface area contributed by atoms with Crippen molar-refractivity contribution in [1.82, 2.24) is 10.6 Å². The summed E-state index contributed by atoms with van der Waals surface area (Å²) in [5.74, 6) is -2.24. The Morgan fingerprint density at radius 1 is 1.06 bits per heavy atom. The molecule has 8 nitrogen and oxygen atoms in total. The van der Waals surface area contributed by atoms with Gasteiger partial charge in [0.05, 0.1) is 18.1 Å². The fourth-order valence-electron chi connectivity index (χ4n) is 2.66. The third-order valence-electron chi connectivity index (χ3n) is 4.17. The van der Waals surface area contributed by atoms with Crippen LogP contribution < -0.4 is 10.6 Å². The summed E-state index contributed by atoms with van der Waals surface area (Å²) in [5.41, 5.74) is 1.34. The Morgan fingerprint density at radius 3 is 2.52 bits per heavy atom. The van der Waals surface area contributed by atoms with E-state index in [1.165, 1.54) is 42.9 Å². The molecule has 0 saturated heterocycles. The van der Waals surface area contributed by atoms with Crippen LogP contribution in [-0.2, 0) is 11.3 Å². The second kappa shape index (κ2) is 9.77. The minimum atomic E-state index is -1.31. The van der Waals surface area contributed by atoms with Gasteiger partial charge in [-0.2, -0.15) is 0 Å². The topological polar surface area (TPSA) is 129 Å². The molecule has 0 fully saturated rings. The Hall–Kier alpha value is -3.85. The zero-order valence-electron chi connectivity index (χ0n) is 16.0. The molecule has 1 aromatic heterocycles. The number of benzene rings is 2. The molecule has 9 heteroatoms. The van der Waals surface area contributed by atoms with Crippen LogP contribution in [0.2, 0.25) is 0 Å². The Kier molecular flexibility index (Phi) is 6.88. The summed E-state index contributed by atoms with van der Waals surface area (Å²) < 4.78 is 5.21. The SMILES string of the molecule is O=C(O)/C(=C/c1ccoc1)NC(=O)c1ccc(C(=O)NCc2cccc(O)c2)cc1Br. The molecule has 158 valence electrons. The number of carboxylic acid groups (broad SMARTS) is 1. The summed E-state index contributed by atoms with van der Waals surface area (Å²) in [6, 6.07) is 12.4. The van der Waals surface area contributed by atoms with E-state index in [1.54, 1.807) is 24.3 Å². The standard InChI is InChI=1S/C22H17BrN2O6/c23-18-10-15(20(27)24-11-13-2-1-3-16(26)8-13)4-5-17(18)21(28)25-19(22(29)30)9-14-6-7-31-12-14/h1-10,12,26H,11H2,(H,24,27)(H,25,28)(H,29,30)/b19-9-. The number of rotatable bonds is 7. The van der Waals surface area contributed by atoms with Crippen LogP contribution in [0, 0.1) is 0 Å². The van der Waals surface area contributed by atoms with Gasteiger partial charge < -0.3 is 25.3 Å². The molecular weight excluding hydrogens is 468 g/mol. The highest BCUT2D eigenvalue weighted by Crippen LogP contribution is 2.20. The molecule has 3 aromatic rings. The lowest BCUT2D eigenvalue weighted by Crippen LogP contribution is -2.28. The van der Waals surface area contributed by atoms with E-state index in [2.05, 4.69) is 26.6 Å². The Bertz CT molecular complexity index is 1150. The number of hydrogen-bond acceptors (Lipinski definition) is 5. The van der Waals surface area contributed by atoms with Gasteiger partial charge in [-0.05, 0) is 64.0 Å². The Labute approximate surface area is 185 Å². The minimum Gasteiger partial charge on any atom is -0.508 e. The molecule has 1 heterocycles. The van der Waals surface area contributed by atoms with Gasteiger partial charge in [-0.15, -0.1) is 0 Å². The third-order valence-corrected chi connectivity index (χ3v) is 4.83. The maximum Gasteiger partial charge on any atom is 0.352 e. The summed E-state index contributed by atoms with van der Waals surface area (Å²) in [6.45, 7) is 0.216. The Balaban J connectivity index is 1.69. The van der Waals surface area contributed by atoms with Crippen molar-refractivity contribution >= 4 is 39.8 Å². The van der Waals surface area contributed by atoms with Crippen molar-refractivity contribution in [2.45, 2.75) is 6.54 Å². The van der Waals surface area contributed by atoms with E-state index >= 15 is 0 Å². The average Bonchev–Trinajstić information content (AvgIpc) is 3.24. The number of phenols is 1. The number of furan rings is 1. The largest absolute Gasteiger partial charge is 0.508 e. The van der Waals surface area contributed by atoms with E-state index in [-0.39, 0.29) is 29.5 Å². The summed E-state index contributed by atoms with van der Waals surface area (Å²) in [4.78, 5) is 36.4. The second-order valence-electron chi connectivity index (χ2n) is 6.42. The smallest absolute Gasteiger partial charge is 0.352 e. The van der Waals surface area contributed by atoms with Crippen molar-refractivity contribution in [3.05, 3.63) is 93.5 Å². The van der Waals surface area contributed by atoms with Gasteiger partial charge in [0.1, 0.15) is 11.4 Å². The predicted octanol–water partition coefficient (Wildman–Crippen LogP) is 3.53. The number of nitrogens with one attached hydrogen (secondary N) is 2. The molecule has 0 aliphatic heterocycles. The summed E-state index contributed by atoms with van der Waals surface area (Å²) in [6.07, 6.45) is 3.99. The van der Waals surface area contributed by atoms with Crippen molar-refractivity contribution in [2.24, 2.45) is 0 Å². The zero-order chi connectivity index (χ0) is 22.4. The van der Waals surface area contributed by atoms with Crippen LogP contribution in [0.25, 0.3) is 6.08 Å². The van der Waals surface area contributed by atoms with Gasteiger partial charge in [0, 0.05) is 22.1 Å². The van der Waals surface area contributed by atoms with Crippen LogP contribution in [0.3, 0.4) is 0 Å². The lowest BCUT2D eigenvalue weighted by molar-refractivity contribution is -0.132. The fourth-order valence-corrected chi connectivity index (χ4v) is 3.21. The number of aliphatic carboxylic acids is 1. The highest BCUT2D eigenvalue weighted by atomic mass is 79.9. The monoisotopic (exact) mass is 484 g/mol. The molecule has 0 aliphatic carbocycles. The van der Waals surface area contributed by atoms with E-state index in [1.807, 2.05) is 0 Å². The van der Waals surface area contributed by atoms with Gasteiger partial charge in [-0.1, -0.05) is 12.1 Å². The average molecular weight is 485 g/mol. The molecule has 0 saturated carbocycles. The van der Waals surface area contributed by atoms with Crippen LogP contribution in [0.5, 0.6) is 5.75 Å². The number of carbonyl (C=O) groups is 3. The third kappa shape index (κ3) is 5.83. The number of aromatic hydroxyl groups is 1. The lowest BCUT2D eigenvalue weighted by Gasteiger charge is -2.10. The van der Waals surface area contributed by atoms with Gasteiger partial charge in [0.15, 0.2) is 0 Å². The van der Waals surface area contributed by atoms with Crippen LogP contribution in [-0.4, -0.2) is 28.0 Å². The number of carbonyl (C=O) groups excluding carboxylic acids is 2. The van der Waals surface area contributed by atoms with E-state index in [9.17, 15) is 24.6 Å². The van der Waals surface area contributed by atoms with Gasteiger partial charge in [0.25, 0.3) is 11.8 Å². The summed E-state index contributed by atoms with van der Waals surface area (Å²) >= 11 is 3.25. The van der Waals surface area contributed by atoms with Gasteiger partial charge in [-0.25, -0.2) is 4.79 Å². The first-order chi connectivity index (χ1) is 14.8. The van der Waals surface area contributed by atoms with Crippen molar-refractivity contribution in [2.75, 3.05) is 0 Å². The molecule has 2 aromatic carbocycles. The van der Waals surface area contributed by atoms with Crippen molar-refractivity contribution in [3.8, 4) is 5.75 Å². The molecule has 3 rings (SSSR count). The predicted molar refractivity (Wildman–Crippen MR) is 115 cm³/mol. The molecule has 0 bridgehead atoms. The zero-order valence-corrected chi connectivity index (χ0v) is 17.5. The van der Waals surface area contributed by atoms with Crippen molar-refractivity contribution in [3.63, 3.8) is 0 Å². The first-order valence-corrected chi connectivity index (χ1v) is 9.77. The number of amides is 2. The lowest BCUT2D eigenvalue weighted by atomic mass is 10.1. The van der Waals surface area contributed by atoms with E-state index in [0.29, 0.717) is 15.6 Å². The van der Waals surface area contributed by atoms with Gasteiger partial charge >= 0.3 is 5.97 Å².